The molecule has 1 N–H and O–H groups in total. The highest BCUT2D eigenvalue weighted by molar-refractivity contribution is 5.66. The summed E-state index contributed by atoms with van der Waals surface area (Å²) in [4.78, 5) is 0. The highest BCUT2D eigenvalue weighted by Gasteiger charge is 2.06. The molecule has 0 atom stereocenters. The van der Waals surface area contributed by atoms with E-state index in [2.05, 4.69) is 25.7 Å². The van der Waals surface area contributed by atoms with Crippen LogP contribution in [0.15, 0.2) is 24.8 Å². The molecule has 1 aromatic carbocycles. The lowest BCUT2D eigenvalue weighted by molar-refractivity contribution is 0.597. The molecule has 0 saturated carbocycles. The number of unbranched alkanes of at least 4 members (excludes halogenated alkanes) is 2. The second-order valence-electron chi connectivity index (χ2n) is 5.32. The van der Waals surface area contributed by atoms with E-state index in [9.17, 15) is 4.39 Å². The van der Waals surface area contributed by atoms with Crippen LogP contribution in [-0.4, -0.2) is 13.1 Å². The zero-order valence-electron chi connectivity index (χ0n) is 13.0. The minimum Gasteiger partial charge on any atom is -0.317 e. The number of allylic oxidation sites excluding steroid dienone is 1. The van der Waals surface area contributed by atoms with Crippen molar-refractivity contribution < 1.29 is 4.39 Å². The Morgan fingerprint density at radius 3 is 2.65 bits per heavy atom. The topological polar surface area (TPSA) is 12.0 Å². The Hall–Kier alpha value is -1.15. The number of nitrogens with one attached hydrogen (secondary N) is 1. The number of hydrogen-bond acceptors (Lipinski definition) is 1. The molecule has 1 nitrogen and oxygen atoms in total. The lowest BCUT2D eigenvalue weighted by Gasteiger charge is -2.11. The van der Waals surface area contributed by atoms with E-state index in [0.29, 0.717) is 0 Å². The first-order valence-electron chi connectivity index (χ1n) is 7.86. The Morgan fingerprint density at radius 2 is 1.95 bits per heavy atom. The van der Waals surface area contributed by atoms with Crippen molar-refractivity contribution >= 4 is 5.57 Å². The summed E-state index contributed by atoms with van der Waals surface area (Å²) < 4.78 is 13.4. The van der Waals surface area contributed by atoms with Crippen LogP contribution in [0.25, 0.3) is 5.57 Å². The Balaban J connectivity index is 2.41. The van der Waals surface area contributed by atoms with E-state index in [0.717, 1.165) is 43.5 Å². The third-order valence-corrected chi connectivity index (χ3v) is 3.61. The van der Waals surface area contributed by atoms with Gasteiger partial charge in [-0.2, -0.15) is 0 Å². The first-order valence-corrected chi connectivity index (χ1v) is 7.86. The SMILES string of the molecule is C=C(CC)c1cc(F)ccc1CCCCCNCCC. The van der Waals surface area contributed by atoms with E-state index < -0.39 is 0 Å². The highest BCUT2D eigenvalue weighted by atomic mass is 19.1. The van der Waals surface area contributed by atoms with Crippen molar-refractivity contribution in [3.63, 3.8) is 0 Å². The van der Waals surface area contributed by atoms with Crippen molar-refractivity contribution in [3.8, 4) is 0 Å². The van der Waals surface area contributed by atoms with Gasteiger partial charge in [-0.3, -0.25) is 0 Å². The van der Waals surface area contributed by atoms with Crippen molar-refractivity contribution in [1.82, 2.24) is 5.32 Å². The molecule has 2 heteroatoms. The molecule has 0 aliphatic carbocycles. The summed E-state index contributed by atoms with van der Waals surface area (Å²) in [5.74, 6) is -0.165. The summed E-state index contributed by atoms with van der Waals surface area (Å²) in [7, 11) is 0. The van der Waals surface area contributed by atoms with Crippen LogP contribution < -0.4 is 5.32 Å². The second kappa shape index (κ2) is 9.71. The fourth-order valence-electron chi connectivity index (χ4n) is 2.33. The molecule has 0 unspecified atom stereocenters. The van der Waals surface area contributed by atoms with Gasteiger partial charge in [-0.15, -0.1) is 0 Å². The lowest BCUT2D eigenvalue weighted by Crippen LogP contribution is -2.15. The molecular weight excluding hydrogens is 249 g/mol. The largest absolute Gasteiger partial charge is 0.317 e. The molecule has 0 aliphatic rings. The van der Waals surface area contributed by atoms with Crippen LogP contribution in [0.2, 0.25) is 0 Å². The minimum absolute atomic E-state index is 0.165. The average molecular weight is 277 g/mol. The van der Waals surface area contributed by atoms with Gasteiger partial charge < -0.3 is 5.32 Å². The molecule has 0 fully saturated rings. The van der Waals surface area contributed by atoms with E-state index in [4.69, 9.17) is 0 Å². The average Bonchev–Trinajstić information content (AvgIpc) is 2.46. The van der Waals surface area contributed by atoms with E-state index >= 15 is 0 Å². The van der Waals surface area contributed by atoms with Gasteiger partial charge in [0, 0.05) is 0 Å². The number of halogens is 1. The molecule has 0 saturated heterocycles. The normalized spacial score (nSPS) is 10.8. The number of aryl methyl sites for hydroxylation is 1. The van der Waals surface area contributed by atoms with Gasteiger partial charge in [0.2, 0.25) is 0 Å². The van der Waals surface area contributed by atoms with Gasteiger partial charge in [0.1, 0.15) is 5.82 Å². The van der Waals surface area contributed by atoms with Crippen molar-refractivity contribution in [2.75, 3.05) is 13.1 Å². The molecule has 1 aromatic rings. The monoisotopic (exact) mass is 277 g/mol. The summed E-state index contributed by atoms with van der Waals surface area (Å²) in [5, 5.41) is 3.42. The molecule has 0 aliphatic heterocycles. The fraction of sp³-hybridized carbons (Fsp3) is 0.556. The molecule has 112 valence electrons. The van der Waals surface area contributed by atoms with Crippen LogP contribution in [0, 0.1) is 5.82 Å². The molecule has 0 radical (unpaired) electrons. The van der Waals surface area contributed by atoms with Gasteiger partial charge in [-0.05, 0) is 74.0 Å². The van der Waals surface area contributed by atoms with Gasteiger partial charge in [0.25, 0.3) is 0 Å². The Bertz CT molecular complexity index is 412. The summed E-state index contributed by atoms with van der Waals surface area (Å²) >= 11 is 0. The van der Waals surface area contributed by atoms with Crippen LogP contribution >= 0.6 is 0 Å². The number of benzene rings is 1. The maximum absolute atomic E-state index is 13.4. The van der Waals surface area contributed by atoms with E-state index in [1.807, 2.05) is 6.07 Å². The van der Waals surface area contributed by atoms with Gasteiger partial charge in [0.05, 0.1) is 0 Å². The van der Waals surface area contributed by atoms with Gasteiger partial charge in [-0.25, -0.2) is 4.39 Å². The summed E-state index contributed by atoms with van der Waals surface area (Å²) in [6.45, 7) is 10.5. The molecule has 0 bridgehead atoms. The first kappa shape index (κ1) is 16.9. The highest BCUT2D eigenvalue weighted by Crippen LogP contribution is 2.23. The van der Waals surface area contributed by atoms with Gasteiger partial charge in [0.15, 0.2) is 0 Å². The predicted octanol–water partition coefficient (Wildman–Crippen LogP) is 4.96. The zero-order valence-corrected chi connectivity index (χ0v) is 13.0. The van der Waals surface area contributed by atoms with E-state index in [1.54, 1.807) is 12.1 Å². The summed E-state index contributed by atoms with van der Waals surface area (Å²) in [6, 6.07) is 5.11. The van der Waals surface area contributed by atoms with Crippen molar-refractivity contribution in [2.24, 2.45) is 0 Å². The third-order valence-electron chi connectivity index (χ3n) is 3.61. The van der Waals surface area contributed by atoms with Gasteiger partial charge in [-0.1, -0.05) is 32.9 Å². The zero-order chi connectivity index (χ0) is 14.8. The van der Waals surface area contributed by atoms with Crippen molar-refractivity contribution in [1.29, 1.82) is 0 Å². The molecule has 0 spiro atoms. The molecule has 0 amide bonds. The number of hydrogen-bond donors (Lipinski definition) is 1. The lowest BCUT2D eigenvalue weighted by atomic mass is 9.95. The Kier molecular flexibility index (Phi) is 8.20. The van der Waals surface area contributed by atoms with Crippen LogP contribution in [0.1, 0.15) is 57.1 Å². The summed E-state index contributed by atoms with van der Waals surface area (Å²) in [5.41, 5.74) is 3.28. The van der Waals surface area contributed by atoms with E-state index in [-0.39, 0.29) is 5.82 Å². The number of rotatable bonds is 10. The maximum Gasteiger partial charge on any atom is 0.123 e. The quantitative estimate of drug-likeness (QED) is 0.596. The fourth-order valence-corrected chi connectivity index (χ4v) is 2.33. The van der Waals surface area contributed by atoms with Crippen LogP contribution in [0.4, 0.5) is 4.39 Å². The van der Waals surface area contributed by atoms with Crippen molar-refractivity contribution in [3.05, 3.63) is 41.7 Å². The Morgan fingerprint density at radius 1 is 1.15 bits per heavy atom. The Labute approximate surface area is 123 Å². The maximum atomic E-state index is 13.4. The van der Waals surface area contributed by atoms with Crippen LogP contribution in [0.3, 0.4) is 0 Å². The second-order valence-corrected chi connectivity index (χ2v) is 5.32. The smallest absolute Gasteiger partial charge is 0.123 e. The van der Waals surface area contributed by atoms with Crippen LogP contribution in [-0.2, 0) is 6.42 Å². The first-order chi connectivity index (χ1) is 9.69. The van der Waals surface area contributed by atoms with Crippen molar-refractivity contribution in [2.45, 2.75) is 52.4 Å². The third kappa shape index (κ3) is 5.87. The molecule has 20 heavy (non-hydrogen) atoms. The van der Waals surface area contributed by atoms with E-state index in [1.165, 1.54) is 24.8 Å². The molecule has 0 heterocycles. The minimum atomic E-state index is -0.165. The molecule has 0 aromatic heterocycles. The van der Waals surface area contributed by atoms with Gasteiger partial charge >= 0.3 is 0 Å². The predicted molar refractivity (Wildman–Crippen MR) is 86.4 cm³/mol. The summed E-state index contributed by atoms with van der Waals surface area (Å²) in [6.07, 6.45) is 6.67. The van der Waals surface area contributed by atoms with Crippen LogP contribution in [0.5, 0.6) is 0 Å². The molecular formula is C18H28FN. The standard InChI is InChI=1S/C18H28FN/c1-4-12-20-13-8-6-7-9-16-10-11-17(19)14-18(16)15(3)5-2/h10-11,14,20H,3-9,12-13H2,1-2H3. The molecule has 1 rings (SSSR count).